The van der Waals surface area contributed by atoms with Crippen LogP contribution in [0.2, 0.25) is 0 Å². The molecule has 1 amide bonds. The lowest BCUT2D eigenvalue weighted by Gasteiger charge is -2.07. The second-order valence-corrected chi connectivity index (χ2v) is 4.36. The number of anilines is 1. The van der Waals surface area contributed by atoms with E-state index in [-0.39, 0.29) is 5.91 Å². The van der Waals surface area contributed by atoms with Crippen LogP contribution in [-0.4, -0.2) is 30.5 Å². The standard InChI is InChI=1S/C14H14N6O/c1-2-19-10-9-15-13(19)14(21)18-11-3-5-12(6-4-11)20-16-7-8-17-20/h3-10H,2H2,1H3,(H,18,21). The maximum absolute atomic E-state index is 12.1. The van der Waals surface area contributed by atoms with Gasteiger partial charge in [-0.1, -0.05) is 0 Å². The van der Waals surface area contributed by atoms with Gasteiger partial charge in [0.25, 0.3) is 5.91 Å². The molecule has 0 aliphatic rings. The normalized spacial score (nSPS) is 10.5. The molecule has 3 rings (SSSR count). The molecule has 1 aromatic carbocycles. The molecule has 0 aliphatic carbocycles. The summed E-state index contributed by atoms with van der Waals surface area (Å²) in [6, 6.07) is 7.27. The molecule has 0 radical (unpaired) electrons. The molecule has 0 atom stereocenters. The average Bonchev–Trinajstić information content (AvgIpc) is 3.19. The number of hydrogen-bond acceptors (Lipinski definition) is 4. The van der Waals surface area contributed by atoms with Gasteiger partial charge in [0.05, 0.1) is 18.1 Å². The molecule has 0 spiro atoms. The number of imidazole rings is 1. The molecule has 106 valence electrons. The van der Waals surface area contributed by atoms with Crippen LogP contribution >= 0.6 is 0 Å². The molecule has 21 heavy (non-hydrogen) atoms. The van der Waals surface area contributed by atoms with Crippen molar-refractivity contribution in [2.75, 3.05) is 5.32 Å². The molecule has 0 fully saturated rings. The van der Waals surface area contributed by atoms with Gasteiger partial charge in [-0.2, -0.15) is 15.0 Å². The first-order valence-electron chi connectivity index (χ1n) is 6.57. The highest BCUT2D eigenvalue weighted by atomic mass is 16.2. The smallest absolute Gasteiger partial charge is 0.291 e. The first-order chi connectivity index (χ1) is 10.3. The minimum Gasteiger partial charge on any atom is -0.327 e. The molecule has 0 saturated heterocycles. The number of hydrogen-bond donors (Lipinski definition) is 1. The lowest BCUT2D eigenvalue weighted by atomic mass is 10.3. The Morgan fingerprint density at radius 1 is 1.14 bits per heavy atom. The number of aryl methyl sites for hydroxylation is 1. The van der Waals surface area contributed by atoms with Gasteiger partial charge in [0, 0.05) is 24.6 Å². The molecule has 7 heteroatoms. The van der Waals surface area contributed by atoms with Crippen molar-refractivity contribution in [3.05, 3.63) is 54.9 Å². The van der Waals surface area contributed by atoms with Crippen molar-refractivity contribution in [1.82, 2.24) is 24.5 Å². The number of carbonyl (C=O) groups is 1. The highest BCUT2D eigenvalue weighted by molar-refractivity contribution is 6.01. The van der Waals surface area contributed by atoms with Crippen LogP contribution in [0.3, 0.4) is 0 Å². The summed E-state index contributed by atoms with van der Waals surface area (Å²) in [6.45, 7) is 2.66. The lowest BCUT2D eigenvalue weighted by Crippen LogP contribution is -2.17. The SMILES string of the molecule is CCn1ccnc1C(=O)Nc1ccc(-n2nccn2)cc1. The van der Waals surface area contributed by atoms with Crippen LogP contribution in [0.5, 0.6) is 0 Å². The monoisotopic (exact) mass is 282 g/mol. The number of carbonyl (C=O) groups excluding carboxylic acids is 1. The van der Waals surface area contributed by atoms with Crippen LogP contribution in [0, 0.1) is 0 Å². The zero-order valence-electron chi connectivity index (χ0n) is 11.5. The summed E-state index contributed by atoms with van der Waals surface area (Å²) in [6.07, 6.45) is 6.62. The summed E-state index contributed by atoms with van der Waals surface area (Å²) in [5, 5.41) is 10.9. The van der Waals surface area contributed by atoms with Gasteiger partial charge >= 0.3 is 0 Å². The Hall–Kier alpha value is -2.96. The largest absolute Gasteiger partial charge is 0.327 e. The van der Waals surface area contributed by atoms with Crippen molar-refractivity contribution in [1.29, 1.82) is 0 Å². The zero-order chi connectivity index (χ0) is 14.7. The van der Waals surface area contributed by atoms with Crippen molar-refractivity contribution in [3.63, 3.8) is 0 Å². The summed E-state index contributed by atoms with van der Waals surface area (Å²) in [5.41, 5.74) is 1.52. The van der Waals surface area contributed by atoms with E-state index in [1.807, 2.05) is 19.1 Å². The van der Waals surface area contributed by atoms with Crippen LogP contribution in [-0.2, 0) is 6.54 Å². The first-order valence-corrected chi connectivity index (χ1v) is 6.57. The fraction of sp³-hybridized carbons (Fsp3) is 0.143. The van der Waals surface area contributed by atoms with Crippen molar-refractivity contribution < 1.29 is 4.79 Å². The van der Waals surface area contributed by atoms with E-state index in [1.54, 1.807) is 41.5 Å². The van der Waals surface area contributed by atoms with E-state index >= 15 is 0 Å². The van der Waals surface area contributed by atoms with Crippen LogP contribution in [0.25, 0.3) is 5.69 Å². The molecule has 7 nitrogen and oxygen atoms in total. The summed E-state index contributed by atoms with van der Waals surface area (Å²) in [7, 11) is 0. The van der Waals surface area contributed by atoms with E-state index in [9.17, 15) is 4.79 Å². The number of nitrogens with zero attached hydrogens (tertiary/aromatic N) is 5. The third-order valence-corrected chi connectivity index (χ3v) is 3.03. The van der Waals surface area contributed by atoms with Crippen molar-refractivity contribution >= 4 is 11.6 Å². The van der Waals surface area contributed by atoms with Crippen molar-refractivity contribution in [2.24, 2.45) is 0 Å². The molecular weight excluding hydrogens is 268 g/mol. The fourth-order valence-corrected chi connectivity index (χ4v) is 1.99. The molecule has 1 N–H and O–H groups in total. The Morgan fingerprint density at radius 3 is 2.52 bits per heavy atom. The van der Waals surface area contributed by atoms with Gasteiger partial charge in [-0.15, -0.1) is 0 Å². The third kappa shape index (κ3) is 2.66. The van der Waals surface area contributed by atoms with E-state index in [0.29, 0.717) is 18.1 Å². The number of amides is 1. The van der Waals surface area contributed by atoms with Gasteiger partial charge in [0.1, 0.15) is 0 Å². The maximum atomic E-state index is 12.1. The number of benzene rings is 1. The molecule has 0 aliphatic heterocycles. The lowest BCUT2D eigenvalue weighted by molar-refractivity contribution is 0.101. The molecular formula is C14H14N6O. The topological polar surface area (TPSA) is 77.6 Å². The van der Waals surface area contributed by atoms with E-state index in [0.717, 1.165) is 5.69 Å². The molecule has 3 aromatic rings. The van der Waals surface area contributed by atoms with E-state index in [4.69, 9.17) is 0 Å². The minimum absolute atomic E-state index is 0.230. The Bertz CT molecular complexity index is 729. The highest BCUT2D eigenvalue weighted by Gasteiger charge is 2.12. The van der Waals surface area contributed by atoms with E-state index in [1.165, 1.54) is 4.80 Å². The van der Waals surface area contributed by atoms with Crippen LogP contribution < -0.4 is 5.32 Å². The van der Waals surface area contributed by atoms with E-state index < -0.39 is 0 Å². The quantitative estimate of drug-likeness (QED) is 0.790. The predicted molar refractivity (Wildman–Crippen MR) is 77.2 cm³/mol. The highest BCUT2D eigenvalue weighted by Crippen LogP contribution is 2.12. The molecule has 2 aromatic heterocycles. The Labute approximate surface area is 121 Å². The number of rotatable bonds is 4. The van der Waals surface area contributed by atoms with Gasteiger partial charge in [0.2, 0.25) is 0 Å². The predicted octanol–water partition coefficient (Wildman–Crippen LogP) is 1.74. The second kappa shape index (κ2) is 5.58. The van der Waals surface area contributed by atoms with Crippen molar-refractivity contribution in [2.45, 2.75) is 13.5 Å². The molecule has 2 heterocycles. The Kier molecular flexibility index (Phi) is 3.46. The zero-order valence-corrected chi connectivity index (χ0v) is 11.5. The number of aromatic nitrogens is 5. The van der Waals surface area contributed by atoms with Gasteiger partial charge in [0.15, 0.2) is 5.82 Å². The van der Waals surface area contributed by atoms with Gasteiger partial charge in [-0.05, 0) is 31.2 Å². The summed E-state index contributed by atoms with van der Waals surface area (Å²) in [4.78, 5) is 17.7. The second-order valence-electron chi connectivity index (χ2n) is 4.36. The number of nitrogens with one attached hydrogen (secondary N) is 1. The summed E-state index contributed by atoms with van der Waals surface area (Å²) >= 11 is 0. The van der Waals surface area contributed by atoms with Crippen LogP contribution in [0.1, 0.15) is 17.5 Å². The molecule has 0 bridgehead atoms. The summed E-state index contributed by atoms with van der Waals surface area (Å²) in [5.74, 6) is 0.169. The van der Waals surface area contributed by atoms with Crippen molar-refractivity contribution in [3.8, 4) is 5.69 Å². The third-order valence-electron chi connectivity index (χ3n) is 3.03. The molecule has 0 unspecified atom stereocenters. The van der Waals surface area contributed by atoms with Gasteiger partial charge in [-0.3, -0.25) is 4.79 Å². The Balaban J connectivity index is 1.75. The van der Waals surface area contributed by atoms with Crippen LogP contribution in [0.15, 0.2) is 49.1 Å². The first kappa shape index (κ1) is 13.0. The van der Waals surface area contributed by atoms with Crippen LogP contribution in [0.4, 0.5) is 5.69 Å². The van der Waals surface area contributed by atoms with Gasteiger partial charge in [-0.25, -0.2) is 4.98 Å². The van der Waals surface area contributed by atoms with Gasteiger partial charge < -0.3 is 9.88 Å². The Morgan fingerprint density at radius 2 is 1.86 bits per heavy atom. The average molecular weight is 282 g/mol. The minimum atomic E-state index is -0.230. The maximum Gasteiger partial charge on any atom is 0.291 e. The van der Waals surface area contributed by atoms with E-state index in [2.05, 4.69) is 20.5 Å². The summed E-state index contributed by atoms with van der Waals surface area (Å²) < 4.78 is 1.79. The molecule has 0 saturated carbocycles. The fourth-order valence-electron chi connectivity index (χ4n) is 1.99.